The molecule has 0 bridgehead atoms. The van der Waals surface area contributed by atoms with Crippen LogP contribution in [0.3, 0.4) is 0 Å². The van der Waals surface area contributed by atoms with Crippen molar-refractivity contribution >= 4 is 11.6 Å². The molecule has 0 atom stereocenters. The van der Waals surface area contributed by atoms with Crippen LogP contribution in [0.15, 0.2) is 0 Å². The third kappa shape index (κ3) is 9.06. The maximum absolute atomic E-state index is 12.7. The predicted molar refractivity (Wildman–Crippen MR) is 141 cm³/mol. The largest absolute Gasteiger partial charge is 0.325 e. The third-order valence-electron chi connectivity index (χ3n) is 7.77. The first-order valence-corrected chi connectivity index (χ1v) is 14.6. The van der Waals surface area contributed by atoms with Gasteiger partial charge in [-0.1, -0.05) is 96.8 Å². The average Bonchev–Trinajstić information content (AvgIpc) is 3.30. The second-order valence-electron chi connectivity index (χ2n) is 10.6. The summed E-state index contributed by atoms with van der Waals surface area (Å²) in [7, 11) is 0. The lowest BCUT2D eigenvalue weighted by molar-refractivity contribution is -0.116. The smallest absolute Gasteiger partial charge is 0.224 e. The zero-order valence-electron chi connectivity index (χ0n) is 21.6. The molecule has 1 aromatic heterocycles. The van der Waals surface area contributed by atoms with Gasteiger partial charge in [-0.2, -0.15) is 0 Å². The van der Waals surface area contributed by atoms with E-state index in [1.54, 1.807) is 0 Å². The summed E-state index contributed by atoms with van der Waals surface area (Å²) >= 11 is 0. The Morgan fingerprint density at radius 2 is 1.09 bits per heavy atom. The molecule has 3 nitrogen and oxygen atoms in total. The molecule has 0 saturated heterocycles. The van der Waals surface area contributed by atoms with Crippen LogP contribution in [-0.4, -0.2) is 10.9 Å². The Labute approximate surface area is 203 Å². The van der Waals surface area contributed by atoms with Gasteiger partial charge in [-0.05, 0) is 62.5 Å². The Bertz CT molecular complexity index is 712. The van der Waals surface area contributed by atoms with Crippen LogP contribution in [-0.2, 0) is 30.5 Å². The van der Waals surface area contributed by atoms with Crippen molar-refractivity contribution in [2.75, 3.05) is 5.32 Å². The summed E-state index contributed by atoms with van der Waals surface area (Å²) in [6.45, 7) is 2.29. The highest BCUT2D eigenvalue weighted by molar-refractivity contribution is 5.92. The number of pyridine rings is 1. The van der Waals surface area contributed by atoms with E-state index in [2.05, 4.69) is 12.2 Å². The number of amides is 1. The quantitative estimate of drug-likeness (QED) is 0.239. The zero-order chi connectivity index (χ0) is 23.1. The van der Waals surface area contributed by atoms with E-state index in [0.29, 0.717) is 6.42 Å². The van der Waals surface area contributed by atoms with Crippen molar-refractivity contribution in [2.24, 2.45) is 0 Å². The van der Waals surface area contributed by atoms with Crippen LogP contribution in [0, 0.1) is 0 Å². The molecule has 33 heavy (non-hydrogen) atoms. The molecule has 0 saturated carbocycles. The molecule has 3 rings (SSSR count). The van der Waals surface area contributed by atoms with Gasteiger partial charge in [0.25, 0.3) is 0 Å². The summed E-state index contributed by atoms with van der Waals surface area (Å²) in [4.78, 5) is 17.7. The van der Waals surface area contributed by atoms with E-state index >= 15 is 0 Å². The third-order valence-corrected chi connectivity index (χ3v) is 7.77. The number of hydrogen-bond donors (Lipinski definition) is 1. The molecule has 1 aromatic rings. The fourth-order valence-electron chi connectivity index (χ4n) is 5.76. The Morgan fingerprint density at radius 1 is 0.636 bits per heavy atom. The fraction of sp³-hybridized carbons (Fsp3) is 0.800. The Balaban J connectivity index is 1.21. The minimum Gasteiger partial charge on any atom is -0.325 e. The van der Waals surface area contributed by atoms with Gasteiger partial charge in [-0.25, -0.2) is 0 Å². The van der Waals surface area contributed by atoms with Crippen LogP contribution in [0.4, 0.5) is 5.69 Å². The molecule has 1 N–H and O–H groups in total. The van der Waals surface area contributed by atoms with E-state index in [4.69, 9.17) is 4.98 Å². The Morgan fingerprint density at radius 3 is 1.67 bits per heavy atom. The molecule has 0 aromatic carbocycles. The van der Waals surface area contributed by atoms with Crippen molar-refractivity contribution in [3.05, 3.63) is 22.5 Å². The van der Waals surface area contributed by atoms with Crippen molar-refractivity contribution in [1.82, 2.24) is 4.98 Å². The average molecular weight is 455 g/mol. The predicted octanol–water partition coefficient (Wildman–Crippen LogP) is 8.65. The molecule has 0 radical (unpaired) electrons. The summed E-state index contributed by atoms with van der Waals surface area (Å²) < 4.78 is 0. The summed E-state index contributed by atoms with van der Waals surface area (Å²) in [5.74, 6) is 0.220. The summed E-state index contributed by atoms with van der Waals surface area (Å²) in [6.07, 6.45) is 29.1. The Hall–Kier alpha value is -1.38. The first-order chi connectivity index (χ1) is 16.3. The Kier molecular flexibility index (Phi) is 12.3. The molecule has 0 unspecified atom stereocenters. The molecular formula is C30H50N2O. The van der Waals surface area contributed by atoms with Gasteiger partial charge >= 0.3 is 0 Å². The van der Waals surface area contributed by atoms with Crippen LogP contribution in [0.5, 0.6) is 0 Å². The molecule has 186 valence electrons. The lowest BCUT2D eigenvalue weighted by atomic mass is 9.92. The van der Waals surface area contributed by atoms with Crippen LogP contribution >= 0.6 is 0 Å². The highest BCUT2D eigenvalue weighted by Gasteiger charge is 2.25. The minimum absolute atomic E-state index is 0.220. The first-order valence-electron chi connectivity index (χ1n) is 14.6. The number of hydrogen-bond acceptors (Lipinski definition) is 2. The number of aryl methyl sites for hydroxylation is 2. The molecule has 1 amide bonds. The number of carbonyl (C=O) groups excluding carboxylic acids is 1. The van der Waals surface area contributed by atoms with Gasteiger partial charge in [-0.3, -0.25) is 9.78 Å². The molecule has 0 aliphatic heterocycles. The highest BCUT2D eigenvalue weighted by atomic mass is 16.1. The maximum atomic E-state index is 12.7. The van der Waals surface area contributed by atoms with Gasteiger partial charge in [0.05, 0.1) is 5.69 Å². The number of unbranched alkanes of at least 4 members (excludes halogenated alkanes) is 14. The zero-order valence-corrected chi connectivity index (χ0v) is 21.6. The van der Waals surface area contributed by atoms with Crippen LogP contribution in [0.25, 0.3) is 0 Å². The van der Waals surface area contributed by atoms with Crippen molar-refractivity contribution < 1.29 is 4.79 Å². The lowest BCUT2D eigenvalue weighted by Gasteiger charge is -2.22. The SMILES string of the molecule is CCCCCCCCCCCCCCCCCC(=O)Nc1c2c(nc3c1CCC3)CCCC2. The van der Waals surface area contributed by atoms with E-state index in [9.17, 15) is 4.79 Å². The minimum atomic E-state index is 0.220. The highest BCUT2D eigenvalue weighted by Crippen LogP contribution is 2.36. The molecule has 2 aliphatic rings. The number of rotatable bonds is 17. The molecule has 3 heteroatoms. The van der Waals surface area contributed by atoms with Gasteiger partial charge in [0.1, 0.15) is 0 Å². The van der Waals surface area contributed by atoms with E-state index < -0.39 is 0 Å². The second-order valence-corrected chi connectivity index (χ2v) is 10.6. The number of nitrogens with one attached hydrogen (secondary N) is 1. The van der Waals surface area contributed by atoms with Gasteiger partial charge < -0.3 is 5.32 Å². The molecule has 1 heterocycles. The fourth-order valence-corrected chi connectivity index (χ4v) is 5.76. The number of carbonyl (C=O) groups is 1. The van der Waals surface area contributed by atoms with Gasteiger partial charge in [0.2, 0.25) is 5.91 Å². The number of nitrogens with zero attached hydrogens (tertiary/aromatic N) is 1. The summed E-state index contributed by atoms with van der Waals surface area (Å²) in [5, 5.41) is 3.34. The van der Waals surface area contributed by atoms with Crippen LogP contribution < -0.4 is 5.32 Å². The van der Waals surface area contributed by atoms with E-state index in [1.807, 2.05) is 0 Å². The van der Waals surface area contributed by atoms with E-state index in [1.165, 1.54) is 132 Å². The van der Waals surface area contributed by atoms with Gasteiger partial charge in [0, 0.05) is 17.8 Å². The van der Waals surface area contributed by atoms with E-state index in [-0.39, 0.29) is 5.91 Å². The molecule has 0 spiro atoms. The summed E-state index contributed by atoms with van der Waals surface area (Å²) in [6, 6.07) is 0. The van der Waals surface area contributed by atoms with Crippen LogP contribution in [0.2, 0.25) is 0 Å². The van der Waals surface area contributed by atoms with Crippen molar-refractivity contribution in [3.63, 3.8) is 0 Å². The number of anilines is 1. The maximum Gasteiger partial charge on any atom is 0.224 e. The van der Waals surface area contributed by atoms with Crippen molar-refractivity contribution in [2.45, 2.75) is 155 Å². The van der Waals surface area contributed by atoms with E-state index in [0.717, 1.165) is 37.8 Å². The van der Waals surface area contributed by atoms with Crippen molar-refractivity contribution in [3.8, 4) is 0 Å². The van der Waals surface area contributed by atoms with Crippen molar-refractivity contribution in [1.29, 1.82) is 0 Å². The topological polar surface area (TPSA) is 42.0 Å². The molecule has 0 fully saturated rings. The first kappa shape index (κ1) is 26.2. The molecule has 2 aliphatic carbocycles. The lowest BCUT2D eigenvalue weighted by Crippen LogP contribution is -2.18. The van der Waals surface area contributed by atoms with Gasteiger partial charge in [0.15, 0.2) is 0 Å². The van der Waals surface area contributed by atoms with Crippen LogP contribution in [0.1, 0.15) is 151 Å². The molecular weight excluding hydrogens is 404 g/mol. The summed E-state index contributed by atoms with van der Waals surface area (Å²) in [5.41, 5.74) is 6.40. The second kappa shape index (κ2) is 15.5. The number of fused-ring (bicyclic) bond motifs is 2. The number of aromatic nitrogens is 1. The van der Waals surface area contributed by atoms with Gasteiger partial charge in [-0.15, -0.1) is 0 Å². The monoisotopic (exact) mass is 454 g/mol. The standard InChI is InChI=1S/C30H50N2O/c1-2-3-4-5-6-7-8-9-10-11-12-13-14-15-16-24-29(33)32-30-25-20-17-18-22-27(25)31-28-23-19-21-26(28)30/h2-24H2,1H3,(H,31,32,33). The normalized spacial score (nSPS) is 14.8.